The van der Waals surface area contributed by atoms with E-state index in [-0.39, 0.29) is 18.1 Å². The van der Waals surface area contributed by atoms with E-state index in [2.05, 4.69) is 0 Å². The molecule has 17 heavy (non-hydrogen) atoms. The number of rotatable bonds is 3. The molecule has 1 aromatic carbocycles. The van der Waals surface area contributed by atoms with E-state index in [0.29, 0.717) is 5.75 Å². The molecule has 1 aromatic rings. The van der Waals surface area contributed by atoms with E-state index in [1.54, 1.807) is 6.07 Å². The number of hydrogen-bond acceptors (Lipinski definition) is 4. The van der Waals surface area contributed by atoms with Gasteiger partial charge in [0.1, 0.15) is 5.60 Å². The first-order chi connectivity index (χ1) is 8.02. The van der Waals surface area contributed by atoms with Gasteiger partial charge in [-0.1, -0.05) is 12.1 Å². The van der Waals surface area contributed by atoms with Crippen molar-refractivity contribution >= 4 is 5.91 Å². The second-order valence-electron chi connectivity index (χ2n) is 4.64. The molecule has 5 nitrogen and oxygen atoms in total. The molecule has 1 heterocycles. The number of para-hydroxylation sites is 1. The molecule has 5 heteroatoms. The van der Waals surface area contributed by atoms with E-state index < -0.39 is 0 Å². The highest BCUT2D eigenvalue weighted by molar-refractivity contribution is 5.76. The fraction of sp³-hybridized carbons (Fsp3) is 0.417. The zero-order chi connectivity index (χ0) is 12.5. The number of hydrogen-bond donors (Lipinski definition) is 2. The Kier molecular flexibility index (Phi) is 2.93. The third-order valence-corrected chi connectivity index (χ3v) is 2.57. The number of ether oxygens (including phenoxy) is 2. The van der Waals surface area contributed by atoms with Gasteiger partial charge in [0.15, 0.2) is 18.1 Å². The summed E-state index contributed by atoms with van der Waals surface area (Å²) in [4.78, 5) is 11.0. The van der Waals surface area contributed by atoms with Gasteiger partial charge in [-0.05, 0) is 19.9 Å². The molecule has 0 saturated heterocycles. The van der Waals surface area contributed by atoms with E-state index in [9.17, 15) is 4.79 Å². The lowest BCUT2D eigenvalue weighted by Crippen LogP contribution is -2.34. The van der Waals surface area contributed by atoms with Crippen LogP contribution in [0.5, 0.6) is 11.5 Å². The number of carbonyl (C=O) groups is 1. The SMILES string of the molecule is CC1(C)Cc2cccc(OCC(=O)NN)c2O1. The van der Waals surface area contributed by atoms with Crippen molar-refractivity contribution in [3.05, 3.63) is 23.8 Å². The molecular formula is C12H16N2O3. The largest absolute Gasteiger partial charge is 0.483 e. The van der Waals surface area contributed by atoms with Gasteiger partial charge in [-0.2, -0.15) is 0 Å². The predicted octanol–water partition coefficient (Wildman–Crippen LogP) is 0.769. The lowest BCUT2D eigenvalue weighted by atomic mass is 10.0. The van der Waals surface area contributed by atoms with Crippen molar-refractivity contribution in [3.8, 4) is 11.5 Å². The minimum absolute atomic E-state index is 0.114. The Labute approximate surface area is 99.9 Å². The predicted molar refractivity (Wildman–Crippen MR) is 62.7 cm³/mol. The van der Waals surface area contributed by atoms with Crippen LogP contribution < -0.4 is 20.7 Å². The molecule has 0 bridgehead atoms. The maximum atomic E-state index is 11.0. The van der Waals surface area contributed by atoms with Crippen molar-refractivity contribution in [2.24, 2.45) is 5.84 Å². The number of fused-ring (bicyclic) bond motifs is 1. The molecule has 0 atom stereocenters. The summed E-state index contributed by atoms with van der Waals surface area (Å²) in [7, 11) is 0. The van der Waals surface area contributed by atoms with Crippen LogP contribution in [-0.4, -0.2) is 18.1 Å². The Balaban J connectivity index is 2.16. The minimum atomic E-state index is -0.375. The summed E-state index contributed by atoms with van der Waals surface area (Å²) in [6.07, 6.45) is 0.836. The normalized spacial score (nSPS) is 15.9. The molecule has 0 aliphatic carbocycles. The number of amides is 1. The molecule has 2 rings (SSSR count). The van der Waals surface area contributed by atoms with E-state index >= 15 is 0 Å². The van der Waals surface area contributed by atoms with Crippen LogP contribution in [0.2, 0.25) is 0 Å². The van der Waals surface area contributed by atoms with Gasteiger partial charge < -0.3 is 9.47 Å². The maximum Gasteiger partial charge on any atom is 0.271 e. The van der Waals surface area contributed by atoms with Crippen molar-refractivity contribution in [1.29, 1.82) is 0 Å². The highest BCUT2D eigenvalue weighted by Crippen LogP contribution is 2.41. The molecule has 0 aromatic heterocycles. The first-order valence-corrected chi connectivity index (χ1v) is 5.45. The Bertz CT molecular complexity index is 443. The number of carbonyl (C=O) groups excluding carboxylic acids is 1. The molecule has 92 valence electrons. The lowest BCUT2D eigenvalue weighted by molar-refractivity contribution is -0.123. The fourth-order valence-electron chi connectivity index (χ4n) is 1.89. The molecule has 0 spiro atoms. The summed E-state index contributed by atoms with van der Waals surface area (Å²) in [5.74, 6) is 5.91. The van der Waals surface area contributed by atoms with Crippen LogP contribution in [0.25, 0.3) is 0 Å². The van der Waals surface area contributed by atoms with Gasteiger partial charge in [-0.15, -0.1) is 0 Å². The summed E-state index contributed by atoms with van der Waals surface area (Å²) < 4.78 is 11.2. The van der Waals surface area contributed by atoms with E-state index in [4.69, 9.17) is 15.3 Å². The van der Waals surface area contributed by atoms with Gasteiger partial charge in [0.2, 0.25) is 0 Å². The summed E-state index contributed by atoms with van der Waals surface area (Å²) in [6, 6.07) is 5.67. The van der Waals surface area contributed by atoms with Crippen LogP contribution in [0.3, 0.4) is 0 Å². The van der Waals surface area contributed by atoms with Gasteiger partial charge in [0.05, 0.1) is 0 Å². The molecule has 0 unspecified atom stereocenters. The van der Waals surface area contributed by atoms with Gasteiger partial charge in [-0.3, -0.25) is 10.2 Å². The first-order valence-electron chi connectivity index (χ1n) is 5.45. The van der Waals surface area contributed by atoms with Crippen LogP contribution in [0.1, 0.15) is 19.4 Å². The number of nitrogens with two attached hydrogens (primary N) is 1. The summed E-state index contributed by atoms with van der Waals surface area (Å²) >= 11 is 0. The summed E-state index contributed by atoms with van der Waals surface area (Å²) in [5.41, 5.74) is 2.89. The van der Waals surface area contributed by atoms with Gasteiger partial charge in [-0.25, -0.2) is 5.84 Å². The second kappa shape index (κ2) is 4.25. The molecule has 1 aliphatic rings. The number of hydrazine groups is 1. The van der Waals surface area contributed by atoms with Crippen molar-refractivity contribution < 1.29 is 14.3 Å². The molecule has 1 amide bonds. The molecule has 0 saturated carbocycles. The Morgan fingerprint density at radius 1 is 1.59 bits per heavy atom. The van der Waals surface area contributed by atoms with Crippen LogP contribution in [0.15, 0.2) is 18.2 Å². The van der Waals surface area contributed by atoms with Crippen molar-refractivity contribution in [2.75, 3.05) is 6.61 Å². The Morgan fingerprint density at radius 2 is 2.35 bits per heavy atom. The summed E-state index contributed by atoms with van der Waals surface area (Å²) in [5, 5.41) is 0. The van der Waals surface area contributed by atoms with Crippen LogP contribution in [-0.2, 0) is 11.2 Å². The molecule has 1 aliphatic heterocycles. The number of nitrogens with one attached hydrogen (secondary N) is 1. The fourth-order valence-corrected chi connectivity index (χ4v) is 1.89. The standard InChI is InChI=1S/C12H16N2O3/c1-12(2)6-8-4-3-5-9(11(8)17-12)16-7-10(15)14-13/h3-5H,6-7,13H2,1-2H3,(H,14,15). The minimum Gasteiger partial charge on any atom is -0.483 e. The monoisotopic (exact) mass is 236 g/mol. The van der Waals surface area contributed by atoms with E-state index in [1.807, 2.05) is 31.4 Å². The van der Waals surface area contributed by atoms with Crippen molar-refractivity contribution in [3.63, 3.8) is 0 Å². The highest BCUT2D eigenvalue weighted by Gasteiger charge is 2.32. The third-order valence-electron chi connectivity index (χ3n) is 2.57. The summed E-state index contributed by atoms with van der Waals surface area (Å²) in [6.45, 7) is 3.92. The molecule has 0 radical (unpaired) electrons. The number of benzene rings is 1. The average Bonchev–Trinajstić information content (AvgIpc) is 2.60. The average molecular weight is 236 g/mol. The second-order valence-corrected chi connectivity index (χ2v) is 4.64. The molecular weight excluding hydrogens is 220 g/mol. The lowest BCUT2D eigenvalue weighted by Gasteiger charge is -2.18. The zero-order valence-electron chi connectivity index (χ0n) is 9.95. The van der Waals surface area contributed by atoms with Crippen molar-refractivity contribution in [2.45, 2.75) is 25.9 Å². The van der Waals surface area contributed by atoms with Crippen LogP contribution >= 0.6 is 0 Å². The highest BCUT2D eigenvalue weighted by atomic mass is 16.5. The smallest absolute Gasteiger partial charge is 0.271 e. The maximum absolute atomic E-state index is 11.0. The van der Waals surface area contributed by atoms with E-state index in [0.717, 1.165) is 17.7 Å². The van der Waals surface area contributed by atoms with Gasteiger partial charge in [0.25, 0.3) is 5.91 Å². The molecule has 3 N–H and O–H groups in total. The molecule has 0 fully saturated rings. The third kappa shape index (κ3) is 2.50. The quantitative estimate of drug-likeness (QED) is 0.462. The van der Waals surface area contributed by atoms with E-state index in [1.165, 1.54) is 0 Å². The Hall–Kier alpha value is -1.75. The van der Waals surface area contributed by atoms with Gasteiger partial charge in [0, 0.05) is 12.0 Å². The zero-order valence-corrected chi connectivity index (χ0v) is 9.95. The van der Waals surface area contributed by atoms with Crippen LogP contribution in [0, 0.1) is 0 Å². The first kappa shape index (κ1) is 11.7. The Morgan fingerprint density at radius 3 is 3.06 bits per heavy atom. The van der Waals surface area contributed by atoms with Crippen molar-refractivity contribution in [1.82, 2.24) is 5.43 Å². The van der Waals surface area contributed by atoms with Crippen LogP contribution in [0.4, 0.5) is 0 Å². The van der Waals surface area contributed by atoms with Gasteiger partial charge >= 0.3 is 0 Å². The topological polar surface area (TPSA) is 73.6 Å².